The molecule has 0 heterocycles. The molecule has 0 bridgehead atoms. The van der Waals surface area contributed by atoms with Crippen molar-refractivity contribution in [1.29, 1.82) is 0 Å². The summed E-state index contributed by atoms with van der Waals surface area (Å²) >= 11 is -2.61. The van der Waals surface area contributed by atoms with Crippen LogP contribution in [0.15, 0.2) is 0 Å². The van der Waals surface area contributed by atoms with Gasteiger partial charge < -0.3 is 5.48 Å². The molecule has 0 spiro atoms. The SMILES string of the molecule is O.O=CC=O.O=S(O)O.[NaH]. The van der Waals surface area contributed by atoms with Crippen LogP contribution in [0, 0.1) is 0 Å². The van der Waals surface area contributed by atoms with E-state index in [1.807, 2.05) is 0 Å². The number of hydrogen-bond acceptors (Lipinski definition) is 3. The van der Waals surface area contributed by atoms with E-state index in [9.17, 15) is 0 Å². The Balaban J connectivity index is -0.0000000300. The van der Waals surface area contributed by atoms with Gasteiger partial charge in [-0.15, -0.1) is 0 Å². The summed E-state index contributed by atoms with van der Waals surface area (Å²) in [5, 5.41) is 0. The van der Waals surface area contributed by atoms with Gasteiger partial charge in [-0.05, 0) is 0 Å². The van der Waals surface area contributed by atoms with Crippen LogP contribution >= 0.6 is 0 Å². The van der Waals surface area contributed by atoms with Gasteiger partial charge in [-0.2, -0.15) is 4.21 Å². The molecule has 58 valence electrons. The standard InChI is InChI=1S/C2H2O2.Na.H2O3S.H2O.H/c3-1-2-4;;1-4(2)3;;/h1-2H;;(H2,1,2,3);1H2;. The van der Waals surface area contributed by atoms with Crippen molar-refractivity contribution in [3.05, 3.63) is 0 Å². The van der Waals surface area contributed by atoms with Gasteiger partial charge >= 0.3 is 29.6 Å². The molecule has 0 saturated carbocycles. The van der Waals surface area contributed by atoms with Crippen LogP contribution in [0.4, 0.5) is 0 Å². The molecule has 0 aliphatic heterocycles. The van der Waals surface area contributed by atoms with Gasteiger partial charge in [0.1, 0.15) is 0 Å². The van der Waals surface area contributed by atoms with E-state index in [-0.39, 0.29) is 47.6 Å². The maximum atomic E-state index is 8.81. The molecule has 0 aromatic rings. The molecular formula is C2H7NaO6S. The Morgan fingerprint density at radius 1 is 1.10 bits per heavy atom. The Kier molecular flexibility index (Phi) is 51.1. The molecule has 0 aliphatic rings. The molecular weight excluding hydrogens is 175 g/mol. The molecule has 0 fully saturated rings. The maximum absolute atomic E-state index is 8.81. The van der Waals surface area contributed by atoms with Crippen molar-refractivity contribution in [2.75, 3.05) is 0 Å². The van der Waals surface area contributed by atoms with E-state index in [1.165, 1.54) is 0 Å². The van der Waals surface area contributed by atoms with Gasteiger partial charge in [-0.3, -0.25) is 18.7 Å². The molecule has 6 nitrogen and oxygen atoms in total. The second-order valence-electron chi connectivity index (χ2n) is 0.503. The molecule has 0 aromatic heterocycles. The predicted octanol–water partition coefficient (Wildman–Crippen LogP) is -2.41. The summed E-state index contributed by atoms with van der Waals surface area (Å²) in [6, 6.07) is 0. The van der Waals surface area contributed by atoms with Crippen LogP contribution < -0.4 is 0 Å². The quantitative estimate of drug-likeness (QED) is 0.202. The van der Waals surface area contributed by atoms with Crippen molar-refractivity contribution in [2.45, 2.75) is 0 Å². The second kappa shape index (κ2) is 22.8. The van der Waals surface area contributed by atoms with Gasteiger partial charge in [0.15, 0.2) is 12.6 Å². The number of rotatable bonds is 1. The van der Waals surface area contributed by atoms with Crippen molar-refractivity contribution >= 4 is 53.5 Å². The fraction of sp³-hybridized carbons (Fsp3) is 0. The molecule has 0 rings (SSSR count). The van der Waals surface area contributed by atoms with Crippen molar-refractivity contribution in [3.63, 3.8) is 0 Å². The van der Waals surface area contributed by atoms with E-state index >= 15 is 0 Å². The summed E-state index contributed by atoms with van der Waals surface area (Å²) in [5.41, 5.74) is 0. The van der Waals surface area contributed by atoms with Gasteiger partial charge in [-0.25, -0.2) is 0 Å². The van der Waals surface area contributed by atoms with Crippen LogP contribution in [0.1, 0.15) is 0 Å². The van der Waals surface area contributed by atoms with Crippen LogP contribution in [0.5, 0.6) is 0 Å². The van der Waals surface area contributed by atoms with Gasteiger partial charge in [0.05, 0.1) is 0 Å². The molecule has 0 aliphatic carbocycles. The average molecular weight is 182 g/mol. The zero-order chi connectivity index (χ0) is 6.99. The predicted molar refractivity (Wildman–Crippen MR) is 36.3 cm³/mol. The van der Waals surface area contributed by atoms with E-state index in [4.69, 9.17) is 22.9 Å². The topological polar surface area (TPSA) is 123 Å². The second-order valence-corrected chi connectivity index (χ2v) is 0.964. The summed E-state index contributed by atoms with van der Waals surface area (Å²) in [5.74, 6) is 0. The van der Waals surface area contributed by atoms with Crippen molar-refractivity contribution < 1.29 is 28.4 Å². The summed E-state index contributed by atoms with van der Waals surface area (Å²) in [6.45, 7) is 0. The van der Waals surface area contributed by atoms with E-state index in [2.05, 4.69) is 0 Å². The van der Waals surface area contributed by atoms with Gasteiger partial charge in [0, 0.05) is 0 Å². The molecule has 4 N–H and O–H groups in total. The Hall–Kier alpha value is 0.370. The minimum atomic E-state index is -2.61. The van der Waals surface area contributed by atoms with Crippen LogP contribution in [-0.4, -0.2) is 60.9 Å². The zero-order valence-electron chi connectivity index (χ0n) is 4.18. The van der Waals surface area contributed by atoms with E-state index in [0.29, 0.717) is 0 Å². The Morgan fingerprint density at radius 3 is 1.20 bits per heavy atom. The summed E-state index contributed by atoms with van der Waals surface area (Å²) < 4.78 is 22.8. The Labute approximate surface area is 81.7 Å². The third kappa shape index (κ3) is 242. The molecule has 0 amide bonds. The van der Waals surface area contributed by atoms with Crippen molar-refractivity contribution in [1.82, 2.24) is 0 Å². The van der Waals surface area contributed by atoms with E-state index < -0.39 is 11.4 Å². The van der Waals surface area contributed by atoms with Crippen molar-refractivity contribution in [3.8, 4) is 0 Å². The van der Waals surface area contributed by atoms with Crippen LogP contribution in [-0.2, 0) is 21.0 Å². The van der Waals surface area contributed by atoms with Gasteiger partial charge in [0.2, 0.25) is 0 Å². The first kappa shape index (κ1) is 22.4. The third-order valence-electron chi connectivity index (χ3n) is 0.0556. The third-order valence-corrected chi connectivity index (χ3v) is 0.0556. The minimum absolute atomic E-state index is 0. The Bertz CT molecular complexity index is 83.7. The van der Waals surface area contributed by atoms with Crippen molar-refractivity contribution in [2.24, 2.45) is 0 Å². The first-order valence-electron chi connectivity index (χ1n) is 1.34. The average Bonchev–Trinajstić information content (AvgIpc) is 1.65. The molecule has 10 heavy (non-hydrogen) atoms. The molecule has 8 heteroatoms. The van der Waals surface area contributed by atoms with Crippen LogP contribution in [0.3, 0.4) is 0 Å². The molecule has 0 radical (unpaired) electrons. The monoisotopic (exact) mass is 182 g/mol. The number of hydrogen-bond donors (Lipinski definition) is 2. The fourth-order valence-corrected chi connectivity index (χ4v) is 0. The fourth-order valence-electron chi connectivity index (χ4n) is 0. The van der Waals surface area contributed by atoms with Gasteiger partial charge in [0.25, 0.3) is 11.4 Å². The first-order chi connectivity index (χ1) is 3.65. The van der Waals surface area contributed by atoms with Gasteiger partial charge in [-0.1, -0.05) is 0 Å². The summed E-state index contributed by atoms with van der Waals surface area (Å²) in [4.78, 5) is 17.6. The molecule has 0 aromatic carbocycles. The number of carbonyl (C=O) groups is 2. The van der Waals surface area contributed by atoms with E-state index in [1.54, 1.807) is 0 Å². The summed E-state index contributed by atoms with van der Waals surface area (Å²) in [7, 11) is 0. The number of aldehydes is 2. The zero-order valence-corrected chi connectivity index (χ0v) is 5.00. The normalized spacial score (nSPS) is 5.50. The Morgan fingerprint density at radius 2 is 1.20 bits per heavy atom. The summed E-state index contributed by atoms with van der Waals surface area (Å²) in [6.07, 6.45) is 0.389. The van der Waals surface area contributed by atoms with Crippen LogP contribution in [0.2, 0.25) is 0 Å². The first-order valence-corrected chi connectivity index (χ1v) is 2.40. The molecule has 0 saturated heterocycles. The molecule has 0 unspecified atom stereocenters. The van der Waals surface area contributed by atoms with Crippen LogP contribution in [0.25, 0.3) is 0 Å². The van der Waals surface area contributed by atoms with E-state index in [0.717, 1.165) is 0 Å². The molecule has 0 atom stereocenters. The number of carbonyl (C=O) groups excluding carboxylic acids is 2.